The number of nitrogens with two attached hydrogens (primary N) is 1. The van der Waals surface area contributed by atoms with Gasteiger partial charge >= 0.3 is 0 Å². The fourth-order valence-corrected chi connectivity index (χ4v) is 1.90. The van der Waals surface area contributed by atoms with Gasteiger partial charge in [-0.2, -0.15) is 0 Å². The third kappa shape index (κ3) is 9.89. The molecule has 0 bridgehead atoms. The summed E-state index contributed by atoms with van der Waals surface area (Å²) in [6.45, 7) is 5.55. The van der Waals surface area contributed by atoms with Crippen molar-refractivity contribution in [1.82, 2.24) is 10.6 Å². The first-order chi connectivity index (χ1) is 9.74. The van der Waals surface area contributed by atoms with E-state index in [1.165, 1.54) is 6.42 Å². The number of nitrogens with one attached hydrogen (secondary N) is 2. The average Bonchev–Trinajstić information content (AvgIpc) is 2.36. The molecule has 1 amide bonds. The Bertz CT molecular complexity index is 309. The molecule has 0 saturated heterocycles. The van der Waals surface area contributed by atoms with E-state index in [9.17, 15) is 4.79 Å². The molecular weight excluding hydrogens is 383 g/mol. The zero-order chi connectivity index (χ0) is 14.6. The number of ether oxygens (including phenoxy) is 1. The van der Waals surface area contributed by atoms with Crippen molar-refractivity contribution in [2.45, 2.75) is 39.0 Å². The predicted octanol–water partition coefficient (Wildman–Crippen LogP) is 1.24. The van der Waals surface area contributed by atoms with Crippen LogP contribution in [0.1, 0.15) is 39.0 Å². The number of aliphatic imine (C=N–C) groups is 1. The van der Waals surface area contributed by atoms with Crippen LogP contribution < -0.4 is 16.4 Å². The fraction of sp³-hybridized carbons (Fsp3) is 0.857. The van der Waals surface area contributed by atoms with Crippen LogP contribution in [0.15, 0.2) is 4.99 Å². The van der Waals surface area contributed by atoms with Gasteiger partial charge < -0.3 is 21.1 Å². The minimum atomic E-state index is 0. The van der Waals surface area contributed by atoms with Gasteiger partial charge in [-0.1, -0.05) is 6.42 Å². The van der Waals surface area contributed by atoms with Crippen LogP contribution in [0.25, 0.3) is 0 Å². The summed E-state index contributed by atoms with van der Waals surface area (Å²) in [6, 6.07) is 0. The highest BCUT2D eigenvalue weighted by atomic mass is 127. The van der Waals surface area contributed by atoms with Crippen molar-refractivity contribution in [1.29, 1.82) is 0 Å². The highest BCUT2D eigenvalue weighted by Crippen LogP contribution is 2.25. The number of nitrogens with zero attached hydrogens (tertiary/aromatic N) is 1. The van der Waals surface area contributed by atoms with E-state index < -0.39 is 0 Å². The molecule has 0 aromatic rings. The van der Waals surface area contributed by atoms with Crippen molar-refractivity contribution < 1.29 is 9.53 Å². The fourth-order valence-electron chi connectivity index (χ4n) is 1.90. The zero-order valence-electron chi connectivity index (χ0n) is 12.9. The van der Waals surface area contributed by atoms with Crippen molar-refractivity contribution >= 4 is 35.8 Å². The van der Waals surface area contributed by atoms with Gasteiger partial charge in [-0.3, -0.25) is 9.79 Å². The molecule has 0 aromatic carbocycles. The Morgan fingerprint density at radius 2 is 2.00 bits per heavy atom. The molecule has 7 heteroatoms. The molecule has 21 heavy (non-hydrogen) atoms. The van der Waals surface area contributed by atoms with Crippen LogP contribution in [0.3, 0.4) is 0 Å². The first-order valence-electron chi connectivity index (χ1n) is 7.63. The highest BCUT2D eigenvalue weighted by molar-refractivity contribution is 14.0. The Hall–Kier alpha value is -0.570. The van der Waals surface area contributed by atoms with E-state index in [0.29, 0.717) is 19.0 Å². The molecule has 1 aliphatic carbocycles. The maximum Gasteiger partial charge on any atom is 0.223 e. The molecule has 0 atom stereocenters. The number of guanidine groups is 1. The van der Waals surface area contributed by atoms with Gasteiger partial charge in [0.2, 0.25) is 5.91 Å². The van der Waals surface area contributed by atoms with Crippen LogP contribution in [0, 0.1) is 5.92 Å². The largest absolute Gasteiger partial charge is 0.382 e. The average molecular weight is 412 g/mol. The second-order valence-corrected chi connectivity index (χ2v) is 5.02. The molecule has 0 radical (unpaired) electrons. The highest BCUT2D eigenvalue weighted by Gasteiger charge is 2.24. The van der Waals surface area contributed by atoms with Gasteiger partial charge in [0.25, 0.3) is 0 Å². The summed E-state index contributed by atoms with van der Waals surface area (Å²) < 4.78 is 5.22. The smallest absolute Gasteiger partial charge is 0.223 e. The maximum atomic E-state index is 11.6. The van der Waals surface area contributed by atoms with E-state index >= 15 is 0 Å². The number of rotatable bonds is 10. The first kappa shape index (κ1) is 20.4. The third-order valence-electron chi connectivity index (χ3n) is 3.37. The number of carbonyl (C=O) groups excluding carboxylic acids is 1. The second-order valence-electron chi connectivity index (χ2n) is 5.02. The van der Waals surface area contributed by atoms with E-state index in [2.05, 4.69) is 15.6 Å². The molecule has 0 aliphatic heterocycles. The van der Waals surface area contributed by atoms with Gasteiger partial charge in [-0.25, -0.2) is 0 Å². The molecule has 0 unspecified atom stereocenters. The summed E-state index contributed by atoms with van der Waals surface area (Å²) in [6.07, 6.45) is 5.01. The lowest BCUT2D eigenvalue weighted by atomic mass is 9.85. The summed E-state index contributed by atoms with van der Waals surface area (Å²) in [7, 11) is 0. The lowest BCUT2D eigenvalue weighted by Crippen LogP contribution is -2.35. The standard InChI is InChI=1S/C14H28N4O2.HI/c1-2-20-11-5-10-18-14(15)17-9-4-8-16-13(19)12-6-3-7-12;/h12H,2-11H2,1H3,(H,16,19)(H3,15,17,18);1H. The second kappa shape index (κ2) is 13.1. The summed E-state index contributed by atoms with van der Waals surface area (Å²) in [5.41, 5.74) is 5.72. The van der Waals surface area contributed by atoms with Crippen LogP contribution >= 0.6 is 24.0 Å². The van der Waals surface area contributed by atoms with Crippen molar-refractivity contribution in [2.24, 2.45) is 16.6 Å². The van der Waals surface area contributed by atoms with Crippen LogP contribution in [-0.4, -0.2) is 44.7 Å². The van der Waals surface area contributed by atoms with E-state index in [4.69, 9.17) is 10.5 Å². The molecule has 1 aliphatic rings. The molecule has 0 heterocycles. The maximum absolute atomic E-state index is 11.6. The predicted molar refractivity (Wildman–Crippen MR) is 96.0 cm³/mol. The molecule has 1 fully saturated rings. The SMILES string of the molecule is CCOCCCNC(N)=NCCCNC(=O)C1CCC1.I. The van der Waals surface area contributed by atoms with Crippen molar-refractivity contribution in [3.63, 3.8) is 0 Å². The van der Waals surface area contributed by atoms with Gasteiger partial charge in [0, 0.05) is 38.8 Å². The van der Waals surface area contributed by atoms with Crippen molar-refractivity contribution in [3.05, 3.63) is 0 Å². The summed E-state index contributed by atoms with van der Waals surface area (Å²) in [4.78, 5) is 15.8. The van der Waals surface area contributed by atoms with E-state index in [1.807, 2.05) is 6.92 Å². The Kier molecular flexibility index (Phi) is 12.8. The van der Waals surface area contributed by atoms with Gasteiger partial charge in [0.1, 0.15) is 0 Å². The number of hydrogen-bond acceptors (Lipinski definition) is 3. The van der Waals surface area contributed by atoms with Crippen LogP contribution in [0.4, 0.5) is 0 Å². The van der Waals surface area contributed by atoms with Crippen LogP contribution in [0.5, 0.6) is 0 Å². The Labute approximate surface area is 144 Å². The van der Waals surface area contributed by atoms with Gasteiger partial charge in [0.05, 0.1) is 0 Å². The van der Waals surface area contributed by atoms with E-state index in [0.717, 1.165) is 45.4 Å². The number of carbonyl (C=O) groups is 1. The number of hydrogen-bond donors (Lipinski definition) is 3. The molecular formula is C14H29IN4O2. The summed E-state index contributed by atoms with van der Waals surface area (Å²) >= 11 is 0. The molecule has 0 aromatic heterocycles. The van der Waals surface area contributed by atoms with Crippen LogP contribution in [0.2, 0.25) is 0 Å². The summed E-state index contributed by atoms with van der Waals surface area (Å²) in [5.74, 6) is 0.921. The monoisotopic (exact) mass is 412 g/mol. The number of halogens is 1. The minimum Gasteiger partial charge on any atom is -0.382 e. The topological polar surface area (TPSA) is 88.7 Å². The molecule has 1 saturated carbocycles. The molecule has 4 N–H and O–H groups in total. The Morgan fingerprint density at radius 3 is 2.62 bits per heavy atom. The van der Waals surface area contributed by atoms with Gasteiger partial charge in [-0.05, 0) is 32.6 Å². The molecule has 124 valence electrons. The molecule has 0 spiro atoms. The van der Waals surface area contributed by atoms with Crippen molar-refractivity contribution in [2.75, 3.05) is 32.8 Å². The number of amides is 1. The third-order valence-corrected chi connectivity index (χ3v) is 3.37. The first-order valence-corrected chi connectivity index (χ1v) is 7.63. The van der Waals surface area contributed by atoms with E-state index in [-0.39, 0.29) is 35.8 Å². The summed E-state index contributed by atoms with van der Waals surface area (Å²) in [5, 5.41) is 5.98. The quantitative estimate of drug-likeness (QED) is 0.218. The van der Waals surface area contributed by atoms with Gasteiger partial charge in [-0.15, -0.1) is 24.0 Å². The minimum absolute atomic E-state index is 0. The van der Waals surface area contributed by atoms with E-state index in [1.54, 1.807) is 0 Å². The molecule has 1 rings (SSSR count). The van der Waals surface area contributed by atoms with Gasteiger partial charge in [0.15, 0.2) is 5.96 Å². The normalized spacial score (nSPS) is 15.0. The van der Waals surface area contributed by atoms with Crippen molar-refractivity contribution in [3.8, 4) is 0 Å². The zero-order valence-corrected chi connectivity index (χ0v) is 15.2. The van der Waals surface area contributed by atoms with Crippen LogP contribution in [-0.2, 0) is 9.53 Å². The Balaban J connectivity index is 0.00000400. The lowest BCUT2D eigenvalue weighted by Gasteiger charge is -2.23. The Morgan fingerprint density at radius 1 is 1.29 bits per heavy atom. The molecule has 6 nitrogen and oxygen atoms in total. The lowest BCUT2D eigenvalue weighted by molar-refractivity contribution is -0.127.